The van der Waals surface area contributed by atoms with Gasteiger partial charge < -0.3 is 20.1 Å². The van der Waals surface area contributed by atoms with Gasteiger partial charge in [0, 0.05) is 25.5 Å². The summed E-state index contributed by atoms with van der Waals surface area (Å²) in [4.78, 5) is 4.74. The van der Waals surface area contributed by atoms with Crippen LogP contribution < -0.4 is 20.1 Å². The average molecular weight is 549 g/mol. The van der Waals surface area contributed by atoms with E-state index in [2.05, 4.69) is 46.9 Å². The van der Waals surface area contributed by atoms with Crippen molar-refractivity contribution in [3.05, 3.63) is 77.6 Å². The molecule has 0 atom stereocenters. The van der Waals surface area contributed by atoms with E-state index in [1.165, 1.54) is 11.1 Å². The van der Waals surface area contributed by atoms with E-state index in [9.17, 15) is 0 Å². The maximum Gasteiger partial charge on any atom is 0.191 e. The van der Waals surface area contributed by atoms with E-state index in [4.69, 9.17) is 14.5 Å². The van der Waals surface area contributed by atoms with Gasteiger partial charge in [-0.1, -0.05) is 30.3 Å². The zero-order valence-corrected chi connectivity index (χ0v) is 21.2. The Bertz CT molecular complexity index is 976. The number of halogens is 1. The van der Waals surface area contributed by atoms with Crippen LogP contribution in [-0.4, -0.2) is 36.0 Å². The number of aromatic nitrogens is 2. The van der Waals surface area contributed by atoms with Gasteiger partial charge in [-0.05, 0) is 48.7 Å². The summed E-state index contributed by atoms with van der Waals surface area (Å²) in [5, 5.41) is 11.1. The highest BCUT2D eigenvalue weighted by Gasteiger charge is 2.07. The van der Waals surface area contributed by atoms with Crippen LogP contribution in [0.25, 0.3) is 0 Å². The van der Waals surface area contributed by atoms with E-state index >= 15 is 0 Å². The predicted octanol–water partition coefficient (Wildman–Crippen LogP) is 4.21. The molecule has 0 fully saturated rings. The van der Waals surface area contributed by atoms with Crippen LogP contribution in [0, 0.1) is 0 Å². The Morgan fingerprint density at radius 1 is 1.03 bits per heavy atom. The first-order valence-electron chi connectivity index (χ1n) is 10.6. The molecule has 0 spiro atoms. The number of rotatable bonds is 10. The average Bonchev–Trinajstić information content (AvgIpc) is 3.30. The molecule has 0 amide bonds. The Balaban J connectivity index is 0.00000363. The number of hydrogen-bond acceptors (Lipinski definition) is 4. The number of guanidine groups is 1. The van der Waals surface area contributed by atoms with Crippen molar-refractivity contribution < 1.29 is 9.47 Å². The molecular formula is C24H32IN5O2. The van der Waals surface area contributed by atoms with Gasteiger partial charge in [0.1, 0.15) is 0 Å². The van der Waals surface area contributed by atoms with E-state index in [-0.39, 0.29) is 24.0 Å². The fraction of sp³-hybridized carbons (Fsp3) is 0.333. The summed E-state index contributed by atoms with van der Waals surface area (Å²) in [6, 6.07) is 16.2. The molecule has 2 aromatic carbocycles. The number of aliphatic imine (C=N–C) groups is 1. The van der Waals surface area contributed by atoms with Crippen molar-refractivity contribution in [3.8, 4) is 11.5 Å². The van der Waals surface area contributed by atoms with Crippen LogP contribution >= 0.6 is 24.0 Å². The summed E-state index contributed by atoms with van der Waals surface area (Å²) in [5.41, 5.74) is 3.49. The molecule has 172 valence electrons. The van der Waals surface area contributed by atoms with Crippen molar-refractivity contribution in [1.29, 1.82) is 0 Å². The SMILES string of the molecule is CCNC(=NCc1ccc(OCC)c(OC)c1)NCc1ccccc1Cn1cccn1.I. The molecule has 0 unspecified atom stereocenters. The standard InChI is InChI=1S/C24H31N5O2.HI/c1-4-25-24(26-16-19-11-12-22(31-5-2)23(15-19)30-3)27-17-20-9-6-7-10-21(20)18-29-14-8-13-28-29;/h6-15H,4-5,16-18H2,1-3H3,(H2,25,26,27);1H. The molecule has 0 saturated carbocycles. The normalized spacial score (nSPS) is 10.9. The molecule has 8 heteroatoms. The van der Waals surface area contributed by atoms with Crippen molar-refractivity contribution in [2.45, 2.75) is 33.5 Å². The molecule has 0 aliphatic heterocycles. The van der Waals surface area contributed by atoms with Gasteiger partial charge in [-0.25, -0.2) is 4.99 Å². The van der Waals surface area contributed by atoms with E-state index in [1.807, 2.05) is 42.1 Å². The Morgan fingerprint density at radius 3 is 2.53 bits per heavy atom. The van der Waals surface area contributed by atoms with Crippen molar-refractivity contribution in [2.75, 3.05) is 20.3 Å². The first kappa shape index (κ1) is 25.5. The minimum Gasteiger partial charge on any atom is -0.493 e. The third-order valence-electron chi connectivity index (χ3n) is 4.75. The van der Waals surface area contributed by atoms with Gasteiger partial charge in [0.2, 0.25) is 0 Å². The van der Waals surface area contributed by atoms with Crippen molar-refractivity contribution in [3.63, 3.8) is 0 Å². The minimum absolute atomic E-state index is 0. The number of hydrogen-bond donors (Lipinski definition) is 2. The molecule has 32 heavy (non-hydrogen) atoms. The molecule has 7 nitrogen and oxygen atoms in total. The lowest BCUT2D eigenvalue weighted by atomic mass is 10.1. The monoisotopic (exact) mass is 549 g/mol. The Morgan fingerprint density at radius 2 is 1.84 bits per heavy atom. The quantitative estimate of drug-likeness (QED) is 0.225. The minimum atomic E-state index is 0. The highest BCUT2D eigenvalue weighted by molar-refractivity contribution is 14.0. The molecule has 1 aromatic heterocycles. The lowest BCUT2D eigenvalue weighted by Crippen LogP contribution is -2.37. The summed E-state index contributed by atoms with van der Waals surface area (Å²) in [7, 11) is 1.65. The smallest absolute Gasteiger partial charge is 0.191 e. The fourth-order valence-corrected chi connectivity index (χ4v) is 3.23. The van der Waals surface area contributed by atoms with Gasteiger partial charge in [-0.15, -0.1) is 24.0 Å². The highest BCUT2D eigenvalue weighted by Crippen LogP contribution is 2.28. The van der Waals surface area contributed by atoms with Crippen LogP contribution in [0.15, 0.2) is 65.9 Å². The number of ether oxygens (including phenoxy) is 2. The van der Waals surface area contributed by atoms with Crippen LogP contribution in [-0.2, 0) is 19.6 Å². The zero-order valence-electron chi connectivity index (χ0n) is 18.9. The van der Waals surface area contributed by atoms with Gasteiger partial charge in [-0.2, -0.15) is 5.10 Å². The largest absolute Gasteiger partial charge is 0.493 e. The van der Waals surface area contributed by atoms with Gasteiger partial charge in [0.05, 0.1) is 26.8 Å². The maximum atomic E-state index is 5.59. The van der Waals surface area contributed by atoms with E-state index < -0.39 is 0 Å². The second-order valence-electron chi connectivity index (χ2n) is 6.94. The first-order valence-corrected chi connectivity index (χ1v) is 10.6. The molecule has 0 radical (unpaired) electrons. The van der Waals surface area contributed by atoms with Crippen molar-refractivity contribution >= 4 is 29.9 Å². The molecule has 0 saturated heterocycles. The summed E-state index contributed by atoms with van der Waals surface area (Å²) < 4.78 is 13.0. The first-order chi connectivity index (χ1) is 15.2. The third kappa shape index (κ3) is 7.44. The zero-order chi connectivity index (χ0) is 21.9. The van der Waals surface area contributed by atoms with Crippen LogP contribution in [0.2, 0.25) is 0 Å². The van der Waals surface area contributed by atoms with Crippen LogP contribution in [0.3, 0.4) is 0 Å². The highest BCUT2D eigenvalue weighted by atomic mass is 127. The maximum absolute atomic E-state index is 5.59. The van der Waals surface area contributed by atoms with Gasteiger partial charge in [0.15, 0.2) is 17.5 Å². The summed E-state index contributed by atoms with van der Waals surface area (Å²) in [6.45, 7) is 7.35. The molecule has 2 N–H and O–H groups in total. The lowest BCUT2D eigenvalue weighted by molar-refractivity contribution is 0.310. The molecule has 3 aromatic rings. The summed E-state index contributed by atoms with van der Waals surface area (Å²) in [5.74, 6) is 2.24. The lowest BCUT2D eigenvalue weighted by Gasteiger charge is -2.14. The topological polar surface area (TPSA) is 72.7 Å². The van der Waals surface area contributed by atoms with E-state index in [1.54, 1.807) is 13.3 Å². The number of nitrogens with zero attached hydrogens (tertiary/aromatic N) is 3. The van der Waals surface area contributed by atoms with Gasteiger partial charge in [-0.3, -0.25) is 4.68 Å². The number of nitrogens with one attached hydrogen (secondary N) is 2. The second kappa shape index (κ2) is 13.6. The van der Waals surface area contributed by atoms with Crippen LogP contribution in [0.1, 0.15) is 30.5 Å². The Labute approximate surface area is 207 Å². The molecule has 0 aliphatic carbocycles. The predicted molar refractivity (Wildman–Crippen MR) is 139 cm³/mol. The molecule has 0 aliphatic rings. The van der Waals surface area contributed by atoms with Crippen molar-refractivity contribution in [2.24, 2.45) is 4.99 Å². The van der Waals surface area contributed by atoms with Crippen molar-refractivity contribution in [1.82, 2.24) is 20.4 Å². The third-order valence-corrected chi connectivity index (χ3v) is 4.75. The van der Waals surface area contributed by atoms with Gasteiger partial charge >= 0.3 is 0 Å². The van der Waals surface area contributed by atoms with Crippen LogP contribution in [0.5, 0.6) is 11.5 Å². The number of methoxy groups -OCH3 is 1. The van der Waals surface area contributed by atoms with Crippen LogP contribution in [0.4, 0.5) is 0 Å². The van der Waals surface area contributed by atoms with E-state index in [0.717, 1.165) is 36.1 Å². The number of benzene rings is 2. The Hall–Kier alpha value is -2.75. The fourth-order valence-electron chi connectivity index (χ4n) is 3.23. The Kier molecular flexibility index (Phi) is 10.9. The summed E-state index contributed by atoms with van der Waals surface area (Å²) >= 11 is 0. The second-order valence-corrected chi connectivity index (χ2v) is 6.94. The van der Waals surface area contributed by atoms with Gasteiger partial charge in [0.25, 0.3) is 0 Å². The molecule has 1 heterocycles. The molecule has 0 bridgehead atoms. The summed E-state index contributed by atoms with van der Waals surface area (Å²) in [6.07, 6.45) is 3.77. The molecular weight excluding hydrogens is 517 g/mol. The molecule has 3 rings (SSSR count). The van der Waals surface area contributed by atoms with E-state index in [0.29, 0.717) is 19.7 Å².